The molecular weight excluding hydrogens is 300 g/mol. The zero-order valence-electron chi connectivity index (χ0n) is 11.8. The van der Waals surface area contributed by atoms with E-state index in [9.17, 15) is 18.5 Å². The molecule has 10 heteroatoms. The van der Waals surface area contributed by atoms with Crippen molar-refractivity contribution in [3.63, 3.8) is 0 Å². The molecule has 0 fully saturated rings. The van der Waals surface area contributed by atoms with E-state index >= 15 is 0 Å². The van der Waals surface area contributed by atoms with Gasteiger partial charge in [0.15, 0.2) is 0 Å². The third-order valence-electron chi connectivity index (χ3n) is 2.86. The van der Waals surface area contributed by atoms with Crippen LogP contribution in [0.15, 0.2) is 23.1 Å². The van der Waals surface area contributed by atoms with Gasteiger partial charge in [0, 0.05) is 26.3 Å². The van der Waals surface area contributed by atoms with Crippen molar-refractivity contribution in [3.05, 3.63) is 28.3 Å². The van der Waals surface area contributed by atoms with Gasteiger partial charge in [0.2, 0.25) is 10.0 Å². The second-order valence-corrected chi connectivity index (χ2v) is 6.01. The molecule has 21 heavy (non-hydrogen) atoms. The minimum Gasteiger partial charge on any atom is -0.383 e. The van der Waals surface area contributed by atoms with Crippen LogP contribution in [0.1, 0.15) is 6.92 Å². The van der Waals surface area contributed by atoms with Crippen LogP contribution in [0.5, 0.6) is 0 Å². The van der Waals surface area contributed by atoms with E-state index in [1.54, 1.807) is 6.92 Å². The zero-order valence-corrected chi connectivity index (χ0v) is 12.6. The summed E-state index contributed by atoms with van der Waals surface area (Å²) in [6, 6.07) is 3.52. The summed E-state index contributed by atoms with van der Waals surface area (Å²) in [6.45, 7) is 2.31. The number of nitrogen functional groups attached to an aromatic ring is 1. The highest BCUT2D eigenvalue weighted by molar-refractivity contribution is 7.89. The molecule has 0 heterocycles. The highest BCUT2D eigenvalue weighted by Gasteiger charge is 2.26. The van der Waals surface area contributed by atoms with Crippen LogP contribution in [0.4, 0.5) is 11.4 Å². The Bertz CT molecular complexity index is 605. The quantitative estimate of drug-likeness (QED) is 0.406. The number of hydrogen-bond donors (Lipinski definition) is 2. The summed E-state index contributed by atoms with van der Waals surface area (Å²) in [4.78, 5) is 10.1. The average molecular weight is 318 g/mol. The van der Waals surface area contributed by atoms with Crippen LogP contribution in [0.3, 0.4) is 0 Å². The molecule has 3 N–H and O–H groups in total. The molecule has 0 unspecified atom stereocenters. The fourth-order valence-electron chi connectivity index (χ4n) is 1.74. The first kappa shape index (κ1) is 17.3. The molecule has 118 valence electrons. The number of sulfonamides is 1. The molecular formula is C11H18N4O5S. The molecule has 0 spiro atoms. The van der Waals surface area contributed by atoms with Gasteiger partial charge in [-0.25, -0.2) is 8.42 Å². The van der Waals surface area contributed by atoms with E-state index in [1.165, 1.54) is 23.5 Å². The van der Waals surface area contributed by atoms with Crippen molar-refractivity contribution in [1.82, 2.24) is 4.31 Å². The molecule has 0 atom stereocenters. The number of nitrogens with one attached hydrogen (secondary N) is 1. The number of nitrogens with two attached hydrogens (primary N) is 1. The molecule has 0 aliphatic heterocycles. The van der Waals surface area contributed by atoms with Gasteiger partial charge in [-0.05, 0) is 12.1 Å². The van der Waals surface area contributed by atoms with E-state index in [-0.39, 0.29) is 30.3 Å². The van der Waals surface area contributed by atoms with Crippen LogP contribution >= 0.6 is 0 Å². The Kier molecular flexibility index (Phi) is 6.03. The van der Waals surface area contributed by atoms with Gasteiger partial charge in [0.05, 0.1) is 16.4 Å². The van der Waals surface area contributed by atoms with Crippen molar-refractivity contribution in [3.8, 4) is 0 Å². The van der Waals surface area contributed by atoms with Crippen LogP contribution in [0.25, 0.3) is 0 Å². The fraction of sp³-hybridized carbons (Fsp3) is 0.455. The van der Waals surface area contributed by atoms with E-state index in [4.69, 9.17) is 10.6 Å². The van der Waals surface area contributed by atoms with Crippen LogP contribution in [-0.2, 0) is 14.8 Å². The summed E-state index contributed by atoms with van der Waals surface area (Å²) in [6.07, 6.45) is 0. The van der Waals surface area contributed by atoms with Gasteiger partial charge in [-0.15, -0.1) is 0 Å². The third-order valence-corrected chi connectivity index (χ3v) is 4.83. The minimum atomic E-state index is -3.82. The standard InChI is InChI=1S/C11H18N4O5S/c1-3-14(6-7-20-2)21(18,19)9-4-5-10(13-12)11(8-9)15(16)17/h4-5,8,13H,3,6-7,12H2,1-2H3. The molecule has 1 rings (SSSR count). The zero-order chi connectivity index (χ0) is 16.0. The molecule has 0 radical (unpaired) electrons. The maximum atomic E-state index is 12.4. The number of likely N-dealkylation sites (N-methyl/N-ethyl adjacent to an activating group) is 1. The first-order chi connectivity index (χ1) is 9.88. The number of hydrogen-bond acceptors (Lipinski definition) is 7. The lowest BCUT2D eigenvalue weighted by Crippen LogP contribution is -2.33. The Morgan fingerprint density at radius 1 is 1.48 bits per heavy atom. The SMILES string of the molecule is CCN(CCOC)S(=O)(=O)c1ccc(NN)c([N+](=O)[O-])c1. The van der Waals surface area contributed by atoms with Gasteiger partial charge < -0.3 is 10.2 Å². The van der Waals surface area contributed by atoms with Crippen LogP contribution in [0, 0.1) is 10.1 Å². The van der Waals surface area contributed by atoms with Crippen molar-refractivity contribution in [2.24, 2.45) is 5.84 Å². The van der Waals surface area contributed by atoms with Gasteiger partial charge in [0.1, 0.15) is 5.69 Å². The van der Waals surface area contributed by atoms with Crippen molar-refractivity contribution in [2.45, 2.75) is 11.8 Å². The summed E-state index contributed by atoms with van der Waals surface area (Å²) < 4.78 is 30.9. The molecule has 9 nitrogen and oxygen atoms in total. The predicted octanol–water partition coefficient (Wildman–Crippen LogP) is 0.537. The molecule has 0 saturated heterocycles. The number of ether oxygens (including phenoxy) is 1. The van der Waals surface area contributed by atoms with Crippen molar-refractivity contribution in [1.29, 1.82) is 0 Å². The normalized spacial score (nSPS) is 11.6. The Morgan fingerprint density at radius 3 is 2.62 bits per heavy atom. The van der Waals surface area contributed by atoms with E-state index in [0.717, 1.165) is 6.07 Å². The number of anilines is 1. The van der Waals surface area contributed by atoms with E-state index < -0.39 is 20.6 Å². The maximum absolute atomic E-state index is 12.4. The van der Waals surface area contributed by atoms with E-state index in [0.29, 0.717) is 0 Å². The largest absolute Gasteiger partial charge is 0.383 e. The second kappa shape index (κ2) is 7.31. The molecule has 0 bridgehead atoms. The lowest BCUT2D eigenvalue weighted by atomic mass is 10.3. The summed E-state index contributed by atoms with van der Waals surface area (Å²) in [5, 5.41) is 11.0. The third kappa shape index (κ3) is 3.88. The Hall–Kier alpha value is -1.75. The van der Waals surface area contributed by atoms with Crippen LogP contribution in [0.2, 0.25) is 0 Å². The summed E-state index contributed by atoms with van der Waals surface area (Å²) in [7, 11) is -2.36. The summed E-state index contributed by atoms with van der Waals surface area (Å²) >= 11 is 0. The number of hydrazine groups is 1. The first-order valence-corrected chi connectivity index (χ1v) is 7.56. The molecule has 0 aromatic heterocycles. The summed E-state index contributed by atoms with van der Waals surface area (Å²) in [5.74, 6) is 5.17. The summed E-state index contributed by atoms with van der Waals surface area (Å²) in [5.41, 5.74) is 1.80. The number of rotatable bonds is 8. The number of nitro benzene ring substituents is 1. The molecule has 0 aliphatic carbocycles. The lowest BCUT2D eigenvalue weighted by molar-refractivity contribution is -0.384. The van der Waals surface area contributed by atoms with Crippen LogP contribution in [-0.4, -0.2) is 44.5 Å². The Labute approximate surface area is 122 Å². The number of benzene rings is 1. The van der Waals surface area contributed by atoms with E-state index in [2.05, 4.69) is 5.43 Å². The molecule has 0 amide bonds. The predicted molar refractivity (Wildman–Crippen MR) is 77.2 cm³/mol. The van der Waals surface area contributed by atoms with Crippen LogP contribution < -0.4 is 11.3 Å². The fourth-order valence-corrected chi connectivity index (χ4v) is 3.19. The van der Waals surface area contributed by atoms with Gasteiger partial charge >= 0.3 is 0 Å². The van der Waals surface area contributed by atoms with Crippen molar-refractivity contribution < 1.29 is 18.1 Å². The molecule has 0 saturated carbocycles. The number of nitro groups is 1. The number of nitrogens with zero attached hydrogens (tertiary/aromatic N) is 2. The Balaban J connectivity index is 3.24. The highest BCUT2D eigenvalue weighted by Crippen LogP contribution is 2.28. The van der Waals surface area contributed by atoms with Crippen molar-refractivity contribution in [2.75, 3.05) is 32.2 Å². The first-order valence-electron chi connectivity index (χ1n) is 6.12. The van der Waals surface area contributed by atoms with Gasteiger partial charge in [-0.1, -0.05) is 6.92 Å². The number of methoxy groups -OCH3 is 1. The molecule has 1 aromatic carbocycles. The topological polar surface area (TPSA) is 128 Å². The average Bonchev–Trinajstić information content (AvgIpc) is 2.46. The monoisotopic (exact) mass is 318 g/mol. The lowest BCUT2D eigenvalue weighted by Gasteiger charge is -2.20. The smallest absolute Gasteiger partial charge is 0.294 e. The van der Waals surface area contributed by atoms with E-state index in [1.807, 2.05) is 0 Å². The highest BCUT2D eigenvalue weighted by atomic mass is 32.2. The van der Waals surface area contributed by atoms with Crippen molar-refractivity contribution >= 4 is 21.4 Å². The van der Waals surface area contributed by atoms with Gasteiger partial charge in [-0.3, -0.25) is 16.0 Å². The minimum absolute atomic E-state index is 0.0406. The Morgan fingerprint density at radius 2 is 2.14 bits per heavy atom. The second-order valence-electron chi connectivity index (χ2n) is 4.07. The maximum Gasteiger partial charge on any atom is 0.294 e. The molecule has 1 aromatic rings. The molecule has 0 aliphatic rings. The van der Waals surface area contributed by atoms with Gasteiger partial charge in [-0.2, -0.15) is 4.31 Å². The van der Waals surface area contributed by atoms with Gasteiger partial charge in [0.25, 0.3) is 5.69 Å².